The molecule has 1 N–H and O–H groups in total. The number of anilines is 1. The highest BCUT2D eigenvalue weighted by Crippen LogP contribution is 2.18. The predicted octanol–water partition coefficient (Wildman–Crippen LogP) is 3.84. The van der Waals surface area contributed by atoms with Gasteiger partial charge in [0.2, 0.25) is 5.91 Å². The number of aromatic nitrogens is 2. The molecule has 2 aromatic carbocycles. The first kappa shape index (κ1) is 19.7. The molecule has 0 saturated carbocycles. The van der Waals surface area contributed by atoms with Gasteiger partial charge in [0.25, 0.3) is 0 Å². The number of aryl methyl sites for hydroxylation is 2. The van der Waals surface area contributed by atoms with Gasteiger partial charge in [-0.15, -0.1) is 0 Å². The van der Waals surface area contributed by atoms with Crippen molar-refractivity contribution in [1.82, 2.24) is 14.7 Å². The first-order chi connectivity index (χ1) is 13.3. The minimum absolute atomic E-state index is 0.0944. The molecule has 146 valence electrons. The summed E-state index contributed by atoms with van der Waals surface area (Å²) in [4.78, 5) is 14.2. The van der Waals surface area contributed by atoms with E-state index in [0.717, 1.165) is 29.1 Å². The second-order valence-electron chi connectivity index (χ2n) is 6.89. The number of benzene rings is 2. The smallest absolute Gasteiger partial charge is 0.239 e. The second kappa shape index (κ2) is 8.31. The normalized spacial score (nSPS) is 11.1. The maximum Gasteiger partial charge on any atom is 0.239 e. The zero-order valence-electron chi connectivity index (χ0n) is 16.0. The number of rotatable bonds is 6. The maximum atomic E-state index is 13.3. The standard InChI is InChI=1S/C21H22F2N4O/c1-14-4-7-17(8-5-14)27-20(10-15(2)25-27)24-21(28)13-26(3)12-16-6-9-18(22)19(23)11-16/h4-11H,12-13H2,1-3H3,(H,24,28). The number of hydrogen-bond acceptors (Lipinski definition) is 3. The van der Waals surface area contributed by atoms with Crippen LogP contribution in [0.15, 0.2) is 48.5 Å². The summed E-state index contributed by atoms with van der Waals surface area (Å²) < 4.78 is 28.0. The van der Waals surface area contributed by atoms with E-state index in [4.69, 9.17) is 0 Å². The average Bonchev–Trinajstić information content (AvgIpc) is 2.98. The highest BCUT2D eigenvalue weighted by Gasteiger charge is 2.13. The molecule has 1 heterocycles. The van der Waals surface area contributed by atoms with Crippen molar-refractivity contribution in [2.75, 3.05) is 18.9 Å². The Kier molecular flexibility index (Phi) is 5.84. The van der Waals surface area contributed by atoms with Crippen molar-refractivity contribution in [2.45, 2.75) is 20.4 Å². The van der Waals surface area contributed by atoms with E-state index in [-0.39, 0.29) is 12.5 Å². The molecule has 0 bridgehead atoms. The minimum Gasteiger partial charge on any atom is -0.309 e. The Morgan fingerprint density at radius 1 is 1.07 bits per heavy atom. The molecule has 0 saturated heterocycles. The summed E-state index contributed by atoms with van der Waals surface area (Å²) in [5.74, 6) is -1.43. The molecule has 28 heavy (non-hydrogen) atoms. The minimum atomic E-state index is -0.896. The van der Waals surface area contributed by atoms with Gasteiger partial charge in [-0.2, -0.15) is 5.10 Å². The van der Waals surface area contributed by atoms with Crippen LogP contribution in [-0.4, -0.2) is 34.2 Å². The van der Waals surface area contributed by atoms with E-state index in [9.17, 15) is 13.6 Å². The Balaban J connectivity index is 1.66. The van der Waals surface area contributed by atoms with Gasteiger partial charge in [-0.1, -0.05) is 23.8 Å². The van der Waals surface area contributed by atoms with Crippen molar-refractivity contribution in [3.05, 3.63) is 77.0 Å². The molecule has 0 aliphatic heterocycles. The molecule has 0 spiro atoms. The van der Waals surface area contributed by atoms with E-state index in [0.29, 0.717) is 17.9 Å². The van der Waals surface area contributed by atoms with Gasteiger partial charge < -0.3 is 5.32 Å². The van der Waals surface area contributed by atoms with Gasteiger partial charge in [-0.3, -0.25) is 9.69 Å². The lowest BCUT2D eigenvalue weighted by molar-refractivity contribution is -0.117. The van der Waals surface area contributed by atoms with Crippen LogP contribution in [0.25, 0.3) is 5.69 Å². The Morgan fingerprint density at radius 3 is 2.46 bits per heavy atom. The van der Waals surface area contributed by atoms with E-state index in [1.54, 1.807) is 22.7 Å². The molecule has 1 aromatic heterocycles. The average molecular weight is 384 g/mol. The first-order valence-corrected chi connectivity index (χ1v) is 8.88. The number of carbonyl (C=O) groups excluding carboxylic acids is 1. The van der Waals surface area contributed by atoms with Crippen molar-refractivity contribution >= 4 is 11.7 Å². The zero-order chi connectivity index (χ0) is 20.3. The zero-order valence-corrected chi connectivity index (χ0v) is 16.0. The molecule has 5 nitrogen and oxygen atoms in total. The molecular formula is C21H22F2N4O. The fraction of sp³-hybridized carbons (Fsp3) is 0.238. The van der Waals surface area contributed by atoms with E-state index < -0.39 is 11.6 Å². The summed E-state index contributed by atoms with van der Waals surface area (Å²) in [6.45, 7) is 4.27. The number of nitrogens with one attached hydrogen (secondary N) is 1. The van der Waals surface area contributed by atoms with E-state index in [2.05, 4.69) is 10.4 Å². The summed E-state index contributed by atoms with van der Waals surface area (Å²) in [5.41, 5.74) is 3.36. The van der Waals surface area contributed by atoms with Crippen molar-refractivity contribution < 1.29 is 13.6 Å². The van der Waals surface area contributed by atoms with Crippen LogP contribution in [0, 0.1) is 25.5 Å². The lowest BCUT2D eigenvalue weighted by Gasteiger charge is -2.17. The predicted molar refractivity (Wildman–Crippen MR) is 104 cm³/mol. The number of hydrogen-bond donors (Lipinski definition) is 1. The molecule has 7 heteroatoms. The Labute approximate surface area is 162 Å². The number of halogens is 2. The van der Waals surface area contributed by atoms with Crippen LogP contribution in [0.2, 0.25) is 0 Å². The van der Waals surface area contributed by atoms with Gasteiger partial charge in [0.05, 0.1) is 17.9 Å². The molecule has 1 amide bonds. The van der Waals surface area contributed by atoms with Crippen LogP contribution >= 0.6 is 0 Å². The van der Waals surface area contributed by atoms with Crippen molar-refractivity contribution in [3.63, 3.8) is 0 Å². The van der Waals surface area contributed by atoms with E-state index in [1.165, 1.54) is 6.07 Å². The van der Waals surface area contributed by atoms with E-state index in [1.807, 2.05) is 38.1 Å². The monoisotopic (exact) mass is 384 g/mol. The van der Waals surface area contributed by atoms with Crippen molar-refractivity contribution in [2.24, 2.45) is 0 Å². The van der Waals surface area contributed by atoms with Crippen LogP contribution < -0.4 is 5.32 Å². The van der Waals surface area contributed by atoms with Crippen molar-refractivity contribution in [3.8, 4) is 5.69 Å². The van der Waals surface area contributed by atoms with Gasteiger partial charge in [-0.05, 0) is 50.7 Å². The van der Waals surface area contributed by atoms with Gasteiger partial charge in [-0.25, -0.2) is 13.5 Å². The fourth-order valence-electron chi connectivity index (χ4n) is 2.90. The molecule has 0 unspecified atom stereocenters. The number of likely N-dealkylation sites (N-methyl/N-ethyl adjacent to an activating group) is 1. The summed E-state index contributed by atoms with van der Waals surface area (Å²) in [6.07, 6.45) is 0. The number of nitrogens with zero attached hydrogens (tertiary/aromatic N) is 3. The first-order valence-electron chi connectivity index (χ1n) is 8.88. The molecule has 3 rings (SSSR count). The van der Waals surface area contributed by atoms with E-state index >= 15 is 0 Å². The van der Waals surface area contributed by atoms with Crippen LogP contribution in [0.1, 0.15) is 16.8 Å². The van der Waals surface area contributed by atoms with Crippen LogP contribution in [0.3, 0.4) is 0 Å². The Bertz CT molecular complexity index is 983. The summed E-state index contributed by atoms with van der Waals surface area (Å²) in [6, 6.07) is 13.4. The van der Waals surface area contributed by atoms with Gasteiger partial charge >= 0.3 is 0 Å². The van der Waals surface area contributed by atoms with Gasteiger partial charge in [0.1, 0.15) is 5.82 Å². The fourth-order valence-corrected chi connectivity index (χ4v) is 2.90. The third-order valence-electron chi connectivity index (χ3n) is 4.23. The SMILES string of the molecule is Cc1ccc(-n2nc(C)cc2NC(=O)CN(C)Cc2ccc(F)c(F)c2)cc1. The molecule has 0 aliphatic rings. The molecule has 0 atom stereocenters. The van der Waals surface area contributed by atoms with Crippen molar-refractivity contribution in [1.29, 1.82) is 0 Å². The second-order valence-corrected chi connectivity index (χ2v) is 6.89. The summed E-state index contributed by atoms with van der Waals surface area (Å²) in [5, 5.41) is 7.31. The molecule has 0 aliphatic carbocycles. The van der Waals surface area contributed by atoms with Crippen LogP contribution in [0.4, 0.5) is 14.6 Å². The number of carbonyl (C=O) groups is 1. The quantitative estimate of drug-likeness (QED) is 0.703. The van der Waals surface area contributed by atoms with Crippen LogP contribution in [-0.2, 0) is 11.3 Å². The third-order valence-corrected chi connectivity index (χ3v) is 4.23. The largest absolute Gasteiger partial charge is 0.309 e. The molecule has 3 aromatic rings. The Morgan fingerprint density at radius 2 is 1.79 bits per heavy atom. The molecule has 0 radical (unpaired) electrons. The highest BCUT2D eigenvalue weighted by molar-refractivity contribution is 5.91. The Hall–Kier alpha value is -3.06. The summed E-state index contributed by atoms with van der Waals surface area (Å²) in [7, 11) is 1.74. The lowest BCUT2D eigenvalue weighted by Crippen LogP contribution is -2.30. The summed E-state index contributed by atoms with van der Waals surface area (Å²) >= 11 is 0. The highest BCUT2D eigenvalue weighted by atomic mass is 19.2. The van der Waals surface area contributed by atoms with Gasteiger partial charge in [0.15, 0.2) is 11.6 Å². The van der Waals surface area contributed by atoms with Gasteiger partial charge in [0, 0.05) is 12.6 Å². The topological polar surface area (TPSA) is 50.2 Å². The lowest BCUT2D eigenvalue weighted by atomic mass is 10.2. The molecular weight excluding hydrogens is 362 g/mol. The molecule has 0 fully saturated rings. The third kappa shape index (κ3) is 4.80. The van der Waals surface area contributed by atoms with Crippen LogP contribution in [0.5, 0.6) is 0 Å². The maximum absolute atomic E-state index is 13.3. The number of amides is 1.